The number of likely N-dealkylation sites (tertiary alicyclic amines) is 1. The van der Waals surface area contributed by atoms with E-state index in [9.17, 15) is 9.59 Å². The minimum Gasteiger partial charge on any atom is -0.366 e. The fraction of sp³-hybridized carbons (Fsp3) is 0.300. The SMILES string of the molecule is C=CC(=O)N1CC(n2cc(C(N)=O)cn2)C1. The summed E-state index contributed by atoms with van der Waals surface area (Å²) < 4.78 is 1.66. The van der Waals surface area contributed by atoms with Crippen LogP contribution < -0.4 is 5.73 Å². The van der Waals surface area contributed by atoms with Gasteiger partial charge < -0.3 is 10.6 Å². The maximum Gasteiger partial charge on any atom is 0.251 e. The second-order valence-corrected chi connectivity index (χ2v) is 3.67. The normalized spacial score (nSPS) is 15.6. The Morgan fingerprint density at radius 2 is 2.25 bits per heavy atom. The van der Waals surface area contributed by atoms with E-state index in [0.29, 0.717) is 18.7 Å². The van der Waals surface area contributed by atoms with Crippen molar-refractivity contribution in [3.8, 4) is 0 Å². The third kappa shape index (κ3) is 1.69. The smallest absolute Gasteiger partial charge is 0.251 e. The zero-order chi connectivity index (χ0) is 11.7. The first-order chi connectivity index (χ1) is 7.61. The van der Waals surface area contributed by atoms with Crippen LogP contribution >= 0.6 is 0 Å². The maximum absolute atomic E-state index is 11.2. The first-order valence-electron chi connectivity index (χ1n) is 4.87. The van der Waals surface area contributed by atoms with Crippen LogP contribution in [0.5, 0.6) is 0 Å². The van der Waals surface area contributed by atoms with Crippen LogP contribution in [0, 0.1) is 0 Å². The van der Waals surface area contributed by atoms with Gasteiger partial charge in [0.05, 0.1) is 17.8 Å². The Morgan fingerprint density at radius 1 is 1.56 bits per heavy atom. The highest BCUT2D eigenvalue weighted by atomic mass is 16.2. The molecule has 2 N–H and O–H groups in total. The van der Waals surface area contributed by atoms with Gasteiger partial charge in [0.25, 0.3) is 5.91 Å². The number of hydrogen-bond acceptors (Lipinski definition) is 3. The third-order valence-electron chi connectivity index (χ3n) is 2.61. The van der Waals surface area contributed by atoms with Crippen molar-refractivity contribution in [3.05, 3.63) is 30.6 Å². The molecule has 6 heteroatoms. The number of carbonyl (C=O) groups is 2. The number of carbonyl (C=O) groups excluding carboxylic acids is 2. The summed E-state index contributed by atoms with van der Waals surface area (Å²) in [7, 11) is 0. The van der Waals surface area contributed by atoms with Crippen molar-refractivity contribution in [1.82, 2.24) is 14.7 Å². The van der Waals surface area contributed by atoms with E-state index in [-0.39, 0.29) is 11.9 Å². The van der Waals surface area contributed by atoms with Crippen LogP contribution in [0.2, 0.25) is 0 Å². The van der Waals surface area contributed by atoms with Gasteiger partial charge in [0.15, 0.2) is 0 Å². The van der Waals surface area contributed by atoms with E-state index in [1.807, 2.05) is 0 Å². The number of primary amides is 1. The molecule has 0 bridgehead atoms. The summed E-state index contributed by atoms with van der Waals surface area (Å²) in [5, 5.41) is 4.03. The molecular formula is C10H12N4O2. The van der Waals surface area contributed by atoms with Crippen molar-refractivity contribution < 1.29 is 9.59 Å². The molecule has 84 valence electrons. The van der Waals surface area contributed by atoms with Crippen LogP contribution in [0.25, 0.3) is 0 Å². The molecule has 0 radical (unpaired) electrons. The van der Waals surface area contributed by atoms with Gasteiger partial charge in [0.1, 0.15) is 0 Å². The summed E-state index contributed by atoms with van der Waals surface area (Å²) in [5.74, 6) is -0.580. The minimum atomic E-state index is -0.496. The van der Waals surface area contributed by atoms with Crippen LogP contribution in [0.15, 0.2) is 25.0 Å². The van der Waals surface area contributed by atoms with E-state index >= 15 is 0 Å². The predicted octanol–water partition coefficient (Wildman–Crippen LogP) is -0.449. The molecule has 0 saturated carbocycles. The first-order valence-corrected chi connectivity index (χ1v) is 4.87. The Morgan fingerprint density at radius 3 is 2.75 bits per heavy atom. The predicted molar refractivity (Wildman–Crippen MR) is 56.6 cm³/mol. The highest BCUT2D eigenvalue weighted by molar-refractivity contribution is 5.92. The van der Waals surface area contributed by atoms with Crippen molar-refractivity contribution in [2.24, 2.45) is 5.73 Å². The Hall–Kier alpha value is -2.11. The zero-order valence-electron chi connectivity index (χ0n) is 8.67. The lowest BCUT2D eigenvalue weighted by Crippen LogP contribution is -2.50. The van der Waals surface area contributed by atoms with Crippen molar-refractivity contribution in [3.63, 3.8) is 0 Å². The molecule has 0 aromatic carbocycles. The van der Waals surface area contributed by atoms with Crippen LogP contribution in [-0.2, 0) is 4.79 Å². The van der Waals surface area contributed by atoms with Gasteiger partial charge in [0, 0.05) is 19.3 Å². The highest BCUT2D eigenvalue weighted by Crippen LogP contribution is 2.20. The van der Waals surface area contributed by atoms with E-state index in [0.717, 1.165) is 0 Å². The van der Waals surface area contributed by atoms with E-state index in [2.05, 4.69) is 11.7 Å². The second kappa shape index (κ2) is 3.80. The summed E-state index contributed by atoms with van der Waals surface area (Å²) in [4.78, 5) is 23.7. The molecule has 1 aromatic rings. The van der Waals surface area contributed by atoms with Gasteiger partial charge in [-0.25, -0.2) is 0 Å². The van der Waals surface area contributed by atoms with Gasteiger partial charge in [-0.05, 0) is 6.08 Å². The Kier molecular flexibility index (Phi) is 2.47. The van der Waals surface area contributed by atoms with E-state index < -0.39 is 5.91 Å². The van der Waals surface area contributed by atoms with Gasteiger partial charge in [0.2, 0.25) is 5.91 Å². The Labute approximate surface area is 92.3 Å². The van der Waals surface area contributed by atoms with Crippen molar-refractivity contribution >= 4 is 11.8 Å². The molecule has 1 aromatic heterocycles. The quantitative estimate of drug-likeness (QED) is 0.700. The number of nitrogens with zero attached hydrogens (tertiary/aromatic N) is 3. The standard InChI is InChI=1S/C10H12N4O2/c1-2-9(15)13-5-8(6-13)14-4-7(3-12-14)10(11)16/h2-4,8H,1,5-6H2,(H2,11,16). The molecule has 0 atom stereocenters. The fourth-order valence-corrected chi connectivity index (χ4v) is 1.60. The molecule has 0 spiro atoms. The molecule has 1 saturated heterocycles. The van der Waals surface area contributed by atoms with Gasteiger partial charge in [-0.3, -0.25) is 14.3 Å². The van der Waals surface area contributed by atoms with Crippen molar-refractivity contribution in [2.45, 2.75) is 6.04 Å². The number of hydrogen-bond donors (Lipinski definition) is 1. The summed E-state index contributed by atoms with van der Waals surface area (Å²) in [6.07, 6.45) is 4.32. The Bertz CT molecular complexity index is 445. The average molecular weight is 220 g/mol. The van der Waals surface area contributed by atoms with E-state index in [1.165, 1.54) is 12.3 Å². The van der Waals surface area contributed by atoms with Gasteiger partial charge >= 0.3 is 0 Å². The van der Waals surface area contributed by atoms with Crippen LogP contribution in [-0.4, -0.2) is 39.6 Å². The largest absolute Gasteiger partial charge is 0.366 e. The topological polar surface area (TPSA) is 81.2 Å². The van der Waals surface area contributed by atoms with E-state index in [4.69, 9.17) is 5.73 Å². The van der Waals surface area contributed by atoms with Crippen LogP contribution in [0.3, 0.4) is 0 Å². The maximum atomic E-state index is 11.2. The van der Waals surface area contributed by atoms with Gasteiger partial charge in [-0.15, -0.1) is 0 Å². The molecule has 2 rings (SSSR count). The summed E-state index contributed by atoms with van der Waals surface area (Å²) in [6, 6.07) is 0.122. The fourth-order valence-electron chi connectivity index (χ4n) is 1.60. The van der Waals surface area contributed by atoms with Crippen molar-refractivity contribution in [1.29, 1.82) is 0 Å². The molecule has 2 heterocycles. The molecule has 2 amide bonds. The summed E-state index contributed by atoms with van der Waals surface area (Å²) >= 11 is 0. The monoisotopic (exact) mass is 220 g/mol. The number of aromatic nitrogens is 2. The molecule has 0 aliphatic carbocycles. The number of nitrogens with two attached hydrogens (primary N) is 1. The second-order valence-electron chi connectivity index (χ2n) is 3.67. The molecule has 6 nitrogen and oxygen atoms in total. The highest BCUT2D eigenvalue weighted by Gasteiger charge is 2.31. The lowest BCUT2D eigenvalue weighted by molar-refractivity contribution is -0.131. The van der Waals surface area contributed by atoms with Crippen molar-refractivity contribution in [2.75, 3.05) is 13.1 Å². The van der Waals surface area contributed by atoms with Gasteiger partial charge in [-0.1, -0.05) is 6.58 Å². The van der Waals surface area contributed by atoms with Crippen LogP contribution in [0.1, 0.15) is 16.4 Å². The molecule has 1 fully saturated rings. The lowest BCUT2D eigenvalue weighted by Gasteiger charge is -2.38. The number of rotatable bonds is 3. The summed E-state index contributed by atoms with van der Waals surface area (Å²) in [5.41, 5.74) is 5.50. The molecular weight excluding hydrogens is 208 g/mol. The van der Waals surface area contributed by atoms with Gasteiger partial charge in [-0.2, -0.15) is 5.10 Å². The van der Waals surface area contributed by atoms with Crippen LogP contribution in [0.4, 0.5) is 0 Å². The molecule has 16 heavy (non-hydrogen) atoms. The summed E-state index contributed by atoms with van der Waals surface area (Å²) in [6.45, 7) is 4.59. The lowest BCUT2D eigenvalue weighted by atomic mass is 10.1. The first kappa shape index (κ1) is 10.4. The third-order valence-corrected chi connectivity index (χ3v) is 2.61. The average Bonchev–Trinajstić information content (AvgIpc) is 2.64. The molecule has 1 aliphatic heterocycles. The molecule has 0 unspecified atom stereocenters. The van der Waals surface area contributed by atoms with E-state index in [1.54, 1.807) is 15.8 Å². The zero-order valence-corrected chi connectivity index (χ0v) is 8.67. The molecule has 1 aliphatic rings. The number of amides is 2. The Balaban J connectivity index is 1.98. The minimum absolute atomic E-state index is 0.0847.